The van der Waals surface area contributed by atoms with E-state index in [1.807, 2.05) is 0 Å². The molecule has 0 spiro atoms. The van der Waals surface area contributed by atoms with Crippen molar-refractivity contribution in [3.8, 4) is 11.5 Å². The van der Waals surface area contributed by atoms with E-state index in [-0.39, 0.29) is 23.0 Å². The van der Waals surface area contributed by atoms with E-state index in [9.17, 15) is 14.4 Å². The summed E-state index contributed by atoms with van der Waals surface area (Å²) in [7, 11) is 1.50. The summed E-state index contributed by atoms with van der Waals surface area (Å²) < 4.78 is 10.9. The van der Waals surface area contributed by atoms with Gasteiger partial charge in [0.15, 0.2) is 11.7 Å². The van der Waals surface area contributed by atoms with Crippen molar-refractivity contribution in [1.82, 2.24) is 5.32 Å². The first-order chi connectivity index (χ1) is 17.4. The molecule has 3 amide bonds. The van der Waals surface area contributed by atoms with Gasteiger partial charge < -0.3 is 14.8 Å². The van der Waals surface area contributed by atoms with E-state index in [4.69, 9.17) is 33.3 Å². The van der Waals surface area contributed by atoms with Gasteiger partial charge in [-0.15, -0.1) is 0 Å². The van der Waals surface area contributed by atoms with Crippen LogP contribution in [-0.4, -0.2) is 36.6 Å². The van der Waals surface area contributed by atoms with Crippen LogP contribution in [0, 0.1) is 0 Å². The molecule has 8 nitrogen and oxygen atoms in total. The highest BCUT2D eigenvalue weighted by molar-refractivity contribution is 7.80. The smallest absolute Gasteiger partial charge is 0.270 e. The molecule has 4 rings (SSSR count). The second kappa shape index (κ2) is 11.0. The monoisotopic (exact) mass is 521 g/mol. The Kier molecular flexibility index (Phi) is 7.62. The van der Waals surface area contributed by atoms with E-state index in [1.165, 1.54) is 24.2 Å². The number of carbonyl (C=O) groups is 3. The molecule has 3 aromatic rings. The zero-order chi connectivity index (χ0) is 25.7. The standard InChI is InChI=1S/C26H20ClN3O5S/c1-34-22-10-6-5-9-20(22)28-23(31)15-35-21-12-11-17(27)13-16(21)14-19-24(32)29-26(36)30(25(19)33)18-7-3-2-4-8-18/h2-14H,15H2,1H3,(H,28,31)(H,29,32,36)/b19-14-. The molecule has 0 atom stereocenters. The van der Waals surface area contributed by atoms with Gasteiger partial charge in [0, 0.05) is 10.6 Å². The van der Waals surface area contributed by atoms with Crippen LogP contribution in [0.25, 0.3) is 6.08 Å². The van der Waals surface area contributed by atoms with Gasteiger partial charge in [-0.05, 0) is 60.8 Å². The molecule has 0 aliphatic carbocycles. The van der Waals surface area contributed by atoms with Gasteiger partial charge in [0.1, 0.15) is 17.1 Å². The zero-order valence-electron chi connectivity index (χ0n) is 19.0. The lowest BCUT2D eigenvalue weighted by molar-refractivity contribution is -0.122. The minimum Gasteiger partial charge on any atom is -0.495 e. The zero-order valence-corrected chi connectivity index (χ0v) is 20.6. The highest BCUT2D eigenvalue weighted by Crippen LogP contribution is 2.28. The van der Waals surface area contributed by atoms with Crippen LogP contribution in [0.4, 0.5) is 11.4 Å². The third-order valence-electron chi connectivity index (χ3n) is 5.13. The molecule has 1 aliphatic heterocycles. The first-order valence-electron chi connectivity index (χ1n) is 10.7. The summed E-state index contributed by atoms with van der Waals surface area (Å²) in [6, 6.07) is 20.3. The Bertz CT molecular complexity index is 1380. The summed E-state index contributed by atoms with van der Waals surface area (Å²) in [5.74, 6) is -0.931. The number of methoxy groups -OCH3 is 1. The minimum atomic E-state index is -0.656. The van der Waals surface area contributed by atoms with Crippen molar-refractivity contribution in [2.45, 2.75) is 0 Å². The van der Waals surface area contributed by atoms with Crippen molar-refractivity contribution in [2.24, 2.45) is 0 Å². The molecule has 0 bridgehead atoms. The highest BCUT2D eigenvalue weighted by Gasteiger charge is 2.34. The van der Waals surface area contributed by atoms with E-state index in [0.29, 0.717) is 27.7 Å². The number of anilines is 2. The fraction of sp³-hybridized carbons (Fsp3) is 0.0769. The van der Waals surface area contributed by atoms with E-state index in [0.717, 1.165) is 0 Å². The number of carbonyl (C=O) groups excluding carboxylic acids is 3. The Labute approximate surface area is 217 Å². The van der Waals surface area contributed by atoms with Gasteiger partial charge in [0.25, 0.3) is 17.7 Å². The molecule has 0 saturated carbocycles. The number of hydrogen-bond acceptors (Lipinski definition) is 6. The number of para-hydroxylation sites is 3. The molecule has 182 valence electrons. The average Bonchev–Trinajstić information content (AvgIpc) is 2.87. The largest absolute Gasteiger partial charge is 0.495 e. The van der Waals surface area contributed by atoms with Crippen molar-refractivity contribution in [1.29, 1.82) is 0 Å². The van der Waals surface area contributed by atoms with Crippen LogP contribution in [0.5, 0.6) is 11.5 Å². The van der Waals surface area contributed by atoms with Crippen molar-refractivity contribution in [3.63, 3.8) is 0 Å². The van der Waals surface area contributed by atoms with E-state index < -0.39 is 17.7 Å². The number of hydrogen-bond donors (Lipinski definition) is 2. The number of benzene rings is 3. The van der Waals surface area contributed by atoms with Crippen molar-refractivity contribution in [3.05, 3.63) is 89.0 Å². The summed E-state index contributed by atoms with van der Waals surface area (Å²) in [5.41, 5.74) is 1.17. The van der Waals surface area contributed by atoms with Gasteiger partial charge in [-0.3, -0.25) is 24.6 Å². The van der Waals surface area contributed by atoms with Gasteiger partial charge >= 0.3 is 0 Å². The molecule has 36 heavy (non-hydrogen) atoms. The number of thiocarbonyl (C=S) groups is 1. The number of amides is 3. The van der Waals surface area contributed by atoms with Crippen molar-refractivity contribution < 1.29 is 23.9 Å². The molecule has 0 radical (unpaired) electrons. The Hall–Kier alpha value is -4.21. The van der Waals surface area contributed by atoms with Crippen LogP contribution in [0.3, 0.4) is 0 Å². The molecule has 0 aromatic heterocycles. The summed E-state index contributed by atoms with van der Waals surface area (Å²) >= 11 is 11.4. The Morgan fingerprint density at radius 1 is 1.06 bits per heavy atom. The molecular formula is C26H20ClN3O5S. The van der Waals surface area contributed by atoms with Gasteiger partial charge in [-0.2, -0.15) is 0 Å². The fourth-order valence-corrected chi connectivity index (χ4v) is 3.93. The molecular weight excluding hydrogens is 502 g/mol. The maximum atomic E-state index is 13.2. The van der Waals surface area contributed by atoms with Crippen LogP contribution < -0.4 is 25.0 Å². The minimum absolute atomic E-state index is 0.0241. The maximum absolute atomic E-state index is 13.2. The summed E-state index contributed by atoms with van der Waals surface area (Å²) in [6.07, 6.45) is 1.36. The molecule has 0 unspecified atom stereocenters. The molecule has 3 aromatic carbocycles. The van der Waals surface area contributed by atoms with Gasteiger partial charge in [-0.25, -0.2) is 0 Å². The third-order valence-corrected chi connectivity index (χ3v) is 5.65. The van der Waals surface area contributed by atoms with Crippen LogP contribution >= 0.6 is 23.8 Å². The number of halogens is 1. The number of nitrogens with zero attached hydrogens (tertiary/aromatic N) is 1. The predicted molar refractivity (Wildman–Crippen MR) is 141 cm³/mol. The summed E-state index contributed by atoms with van der Waals surface area (Å²) in [5, 5.41) is 5.58. The normalized spacial score (nSPS) is 14.4. The predicted octanol–water partition coefficient (Wildman–Crippen LogP) is 4.20. The lowest BCUT2D eigenvalue weighted by Crippen LogP contribution is -2.54. The van der Waals surface area contributed by atoms with Gasteiger partial charge in [0.2, 0.25) is 0 Å². The summed E-state index contributed by atoms with van der Waals surface area (Å²) in [4.78, 5) is 39.6. The Morgan fingerprint density at radius 2 is 1.78 bits per heavy atom. The van der Waals surface area contributed by atoms with Crippen LogP contribution in [0.1, 0.15) is 5.56 Å². The van der Waals surface area contributed by atoms with E-state index >= 15 is 0 Å². The number of rotatable bonds is 7. The lowest BCUT2D eigenvalue weighted by Gasteiger charge is -2.29. The van der Waals surface area contributed by atoms with E-state index in [2.05, 4.69) is 10.6 Å². The molecule has 1 saturated heterocycles. The van der Waals surface area contributed by atoms with Crippen LogP contribution in [0.15, 0.2) is 78.4 Å². The molecule has 1 aliphatic rings. The van der Waals surface area contributed by atoms with Crippen molar-refractivity contribution >= 4 is 64.1 Å². The second-order valence-corrected chi connectivity index (χ2v) is 8.34. The van der Waals surface area contributed by atoms with Crippen molar-refractivity contribution in [2.75, 3.05) is 23.9 Å². The number of ether oxygens (including phenoxy) is 2. The topological polar surface area (TPSA) is 97.0 Å². The van der Waals surface area contributed by atoms with Gasteiger partial charge in [-0.1, -0.05) is 41.9 Å². The third kappa shape index (κ3) is 5.54. The number of nitrogens with one attached hydrogen (secondary N) is 2. The second-order valence-electron chi connectivity index (χ2n) is 7.51. The van der Waals surface area contributed by atoms with E-state index in [1.54, 1.807) is 66.7 Å². The molecule has 1 fully saturated rings. The Balaban J connectivity index is 1.57. The fourth-order valence-electron chi connectivity index (χ4n) is 3.47. The molecule has 1 heterocycles. The maximum Gasteiger partial charge on any atom is 0.270 e. The quantitative estimate of drug-likeness (QED) is 0.275. The first-order valence-corrected chi connectivity index (χ1v) is 11.5. The molecule has 2 N–H and O–H groups in total. The van der Waals surface area contributed by atoms with Crippen LogP contribution in [-0.2, 0) is 14.4 Å². The summed E-state index contributed by atoms with van der Waals surface area (Å²) in [6.45, 7) is -0.337. The SMILES string of the molecule is COc1ccccc1NC(=O)COc1ccc(Cl)cc1/C=C1/C(=O)NC(=S)N(c2ccccc2)C1=O. The lowest BCUT2D eigenvalue weighted by atomic mass is 10.1. The highest BCUT2D eigenvalue weighted by atomic mass is 35.5. The molecule has 10 heteroatoms. The van der Waals surface area contributed by atoms with Crippen LogP contribution in [0.2, 0.25) is 5.02 Å². The Morgan fingerprint density at radius 3 is 2.53 bits per heavy atom. The average molecular weight is 522 g/mol. The van der Waals surface area contributed by atoms with Gasteiger partial charge in [0.05, 0.1) is 18.5 Å². The first kappa shape index (κ1) is 24.9.